The van der Waals surface area contributed by atoms with Crippen molar-refractivity contribution in [3.63, 3.8) is 0 Å². The molecule has 4 nitrogen and oxygen atoms in total. The Morgan fingerprint density at radius 2 is 1.55 bits per heavy atom. The van der Waals surface area contributed by atoms with Crippen LogP contribution in [0.2, 0.25) is 0 Å². The van der Waals surface area contributed by atoms with Gasteiger partial charge in [0.2, 0.25) is 0 Å². The van der Waals surface area contributed by atoms with Crippen molar-refractivity contribution >= 4 is 22.4 Å². The predicted octanol–water partition coefficient (Wildman–Crippen LogP) is 5.88. The molecule has 0 fully saturated rings. The van der Waals surface area contributed by atoms with E-state index in [2.05, 4.69) is 37.0 Å². The van der Waals surface area contributed by atoms with Crippen molar-refractivity contribution in [2.45, 2.75) is 19.6 Å². The van der Waals surface area contributed by atoms with Gasteiger partial charge in [0.1, 0.15) is 5.01 Å². The van der Waals surface area contributed by atoms with Crippen LogP contribution in [0.5, 0.6) is 0 Å². The lowest BCUT2D eigenvalue weighted by Gasteiger charge is -2.05. The number of benzene rings is 2. The van der Waals surface area contributed by atoms with Crippen LogP contribution in [0.3, 0.4) is 0 Å². The molecule has 4 aromatic rings. The maximum absolute atomic E-state index is 11.0. The van der Waals surface area contributed by atoms with E-state index < -0.39 is 11.1 Å². The van der Waals surface area contributed by atoms with Gasteiger partial charge in [0.25, 0.3) is 0 Å². The second-order valence-corrected chi connectivity index (χ2v) is 8.90. The molecule has 0 aliphatic rings. The Morgan fingerprint density at radius 3 is 2.17 bits per heavy atom. The van der Waals surface area contributed by atoms with Crippen molar-refractivity contribution in [3.05, 3.63) is 83.7 Å². The number of rotatable bonds is 5. The summed E-state index contributed by atoms with van der Waals surface area (Å²) in [5.41, 5.74) is 7.38. The van der Waals surface area contributed by atoms with Crippen LogP contribution >= 0.6 is 11.3 Å². The van der Waals surface area contributed by atoms with Crippen LogP contribution in [0.4, 0.5) is 0 Å². The van der Waals surface area contributed by atoms with E-state index in [1.165, 1.54) is 11.1 Å². The summed E-state index contributed by atoms with van der Waals surface area (Å²) in [5, 5.41) is 0.919. The molecule has 6 heteroatoms. The molecule has 4 rings (SSSR count). The van der Waals surface area contributed by atoms with Crippen molar-refractivity contribution in [2.24, 2.45) is 0 Å². The van der Waals surface area contributed by atoms with Crippen LogP contribution in [0.15, 0.2) is 67.0 Å². The first kappa shape index (κ1) is 19.6. The average Bonchev–Trinajstić information content (AvgIpc) is 3.13. The first-order chi connectivity index (χ1) is 14.0. The van der Waals surface area contributed by atoms with Crippen LogP contribution in [-0.4, -0.2) is 18.7 Å². The Morgan fingerprint density at radius 1 is 0.897 bits per heavy atom. The number of thiazole rings is 1. The Balaban J connectivity index is 1.82. The number of aromatic nitrogens is 2. The lowest BCUT2D eigenvalue weighted by Crippen LogP contribution is -1.92. The van der Waals surface area contributed by atoms with Crippen molar-refractivity contribution in [2.75, 3.05) is 0 Å². The number of nitrogens with zero attached hydrogens (tertiary/aromatic N) is 2. The second-order valence-electron chi connectivity index (χ2n) is 6.97. The molecule has 0 radical (unpaired) electrons. The predicted molar refractivity (Wildman–Crippen MR) is 120 cm³/mol. The van der Waals surface area contributed by atoms with Crippen LogP contribution in [-0.2, 0) is 16.8 Å². The summed E-state index contributed by atoms with van der Waals surface area (Å²) in [7, 11) is 0. The number of hydrogen-bond donors (Lipinski definition) is 1. The maximum atomic E-state index is 11.0. The van der Waals surface area contributed by atoms with Crippen molar-refractivity contribution in [1.29, 1.82) is 0 Å². The molecule has 29 heavy (non-hydrogen) atoms. The summed E-state index contributed by atoms with van der Waals surface area (Å²) in [6.07, 6.45) is 3.59. The molecule has 1 unspecified atom stereocenters. The van der Waals surface area contributed by atoms with E-state index in [0.717, 1.165) is 37.8 Å². The first-order valence-electron chi connectivity index (χ1n) is 9.16. The Bertz CT molecular complexity index is 1150. The molecule has 0 aliphatic carbocycles. The van der Waals surface area contributed by atoms with Crippen molar-refractivity contribution in [1.82, 2.24) is 9.97 Å². The molecule has 1 atom stereocenters. The molecule has 0 bridgehead atoms. The van der Waals surface area contributed by atoms with E-state index in [4.69, 9.17) is 9.54 Å². The highest BCUT2D eigenvalue weighted by Gasteiger charge is 2.17. The summed E-state index contributed by atoms with van der Waals surface area (Å²) >= 11 is -0.197. The SMILES string of the molecule is Cc1cc(C)cc(-c2nc(-c3ccc(CS(=O)O)cc3)sc2-c2ccncc2)c1. The quantitative estimate of drug-likeness (QED) is 0.410. The molecular weight excluding hydrogens is 400 g/mol. The topological polar surface area (TPSA) is 63.1 Å². The summed E-state index contributed by atoms with van der Waals surface area (Å²) in [6.45, 7) is 4.19. The highest BCUT2D eigenvalue weighted by Crippen LogP contribution is 2.40. The second kappa shape index (κ2) is 8.37. The molecule has 1 N–H and O–H groups in total. The van der Waals surface area contributed by atoms with Gasteiger partial charge in [0.15, 0.2) is 11.1 Å². The summed E-state index contributed by atoms with van der Waals surface area (Å²) in [4.78, 5) is 10.2. The van der Waals surface area contributed by atoms with Gasteiger partial charge in [-0.05, 0) is 49.2 Å². The van der Waals surface area contributed by atoms with Crippen LogP contribution in [0.25, 0.3) is 32.3 Å². The maximum Gasteiger partial charge on any atom is 0.157 e. The Labute approximate surface area is 176 Å². The zero-order valence-electron chi connectivity index (χ0n) is 16.1. The lowest BCUT2D eigenvalue weighted by molar-refractivity contribution is 0.563. The molecule has 0 saturated carbocycles. The first-order valence-corrected chi connectivity index (χ1v) is 11.3. The van der Waals surface area contributed by atoms with E-state index in [1.807, 2.05) is 36.4 Å². The summed E-state index contributed by atoms with van der Waals surface area (Å²) in [5.74, 6) is 0.133. The minimum Gasteiger partial charge on any atom is -0.306 e. The molecule has 146 valence electrons. The van der Waals surface area contributed by atoms with Crippen LogP contribution in [0.1, 0.15) is 16.7 Å². The molecule has 2 aromatic carbocycles. The smallest absolute Gasteiger partial charge is 0.157 e. The number of pyridine rings is 1. The van der Waals surface area contributed by atoms with Gasteiger partial charge in [-0.25, -0.2) is 9.19 Å². The van der Waals surface area contributed by atoms with E-state index in [0.29, 0.717) is 0 Å². The third-order valence-electron chi connectivity index (χ3n) is 4.56. The van der Waals surface area contributed by atoms with Gasteiger partial charge in [0, 0.05) is 23.5 Å². The van der Waals surface area contributed by atoms with Gasteiger partial charge in [0.05, 0.1) is 16.3 Å². The van der Waals surface area contributed by atoms with Gasteiger partial charge in [-0.15, -0.1) is 11.3 Å². The van der Waals surface area contributed by atoms with Crippen molar-refractivity contribution < 1.29 is 8.76 Å². The molecule has 0 saturated heterocycles. The van der Waals surface area contributed by atoms with E-state index >= 15 is 0 Å². The molecule has 0 amide bonds. The molecule has 2 aromatic heterocycles. The zero-order chi connectivity index (χ0) is 20.4. The van der Waals surface area contributed by atoms with Crippen LogP contribution in [0, 0.1) is 13.8 Å². The highest BCUT2D eigenvalue weighted by molar-refractivity contribution is 7.78. The minimum atomic E-state index is -1.84. The third-order valence-corrected chi connectivity index (χ3v) is 6.29. The Kier molecular flexibility index (Phi) is 5.67. The Hall–Kier alpha value is -2.67. The zero-order valence-corrected chi connectivity index (χ0v) is 17.8. The average molecular weight is 421 g/mol. The minimum absolute atomic E-state index is 0.133. The van der Waals surface area contributed by atoms with Gasteiger partial charge in [-0.3, -0.25) is 4.98 Å². The molecule has 0 spiro atoms. The van der Waals surface area contributed by atoms with Gasteiger partial charge >= 0.3 is 0 Å². The van der Waals surface area contributed by atoms with E-state index in [1.54, 1.807) is 23.7 Å². The van der Waals surface area contributed by atoms with Gasteiger partial charge < -0.3 is 4.55 Å². The van der Waals surface area contributed by atoms with Crippen molar-refractivity contribution in [3.8, 4) is 32.3 Å². The fourth-order valence-electron chi connectivity index (χ4n) is 3.34. The third kappa shape index (κ3) is 4.50. The fourth-order valence-corrected chi connectivity index (χ4v) is 4.91. The molecule has 0 aliphatic heterocycles. The van der Waals surface area contributed by atoms with Crippen LogP contribution < -0.4 is 0 Å². The largest absolute Gasteiger partial charge is 0.306 e. The fraction of sp³-hybridized carbons (Fsp3) is 0.130. The lowest BCUT2D eigenvalue weighted by atomic mass is 10.0. The normalized spacial score (nSPS) is 12.1. The van der Waals surface area contributed by atoms with E-state index in [9.17, 15) is 4.21 Å². The van der Waals surface area contributed by atoms with E-state index in [-0.39, 0.29) is 5.75 Å². The highest BCUT2D eigenvalue weighted by atomic mass is 32.2. The number of hydrogen-bond acceptors (Lipinski definition) is 4. The summed E-state index contributed by atoms with van der Waals surface area (Å²) < 4.78 is 20.1. The van der Waals surface area contributed by atoms with Gasteiger partial charge in [-0.2, -0.15) is 0 Å². The molecule has 2 heterocycles. The molecular formula is C23H20N2O2S2. The number of aryl methyl sites for hydroxylation is 2. The summed E-state index contributed by atoms with van der Waals surface area (Å²) in [6, 6.07) is 18.2. The standard InChI is InChI=1S/C23H20N2O2S2/c1-15-11-16(2)13-20(12-15)21-22(18-7-9-24-10-8-18)28-23(25-21)19-5-3-17(4-6-19)14-29(26)27/h3-13H,14H2,1-2H3,(H,26,27). The monoisotopic (exact) mass is 420 g/mol. The van der Waals surface area contributed by atoms with Gasteiger partial charge in [-0.1, -0.05) is 41.5 Å².